The molecule has 0 heterocycles. The lowest BCUT2D eigenvalue weighted by atomic mass is 9.49. The summed E-state index contributed by atoms with van der Waals surface area (Å²) in [5, 5.41) is 11.8. The van der Waals surface area contributed by atoms with Gasteiger partial charge in [-0.05, 0) is 74.5 Å². The van der Waals surface area contributed by atoms with Crippen LogP contribution < -0.4 is 5.32 Å². The topological polar surface area (TPSA) is 66.4 Å². The first-order valence-electron chi connectivity index (χ1n) is 10.0. The Labute approximate surface area is 145 Å². The maximum Gasteiger partial charge on any atom is 0.303 e. The van der Waals surface area contributed by atoms with Crippen LogP contribution in [0.4, 0.5) is 0 Å². The highest BCUT2D eigenvalue weighted by atomic mass is 16.4. The smallest absolute Gasteiger partial charge is 0.303 e. The van der Waals surface area contributed by atoms with Crippen molar-refractivity contribution in [2.75, 3.05) is 6.54 Å². The highest BCUT2D eigenvalue weighted by Gasteiger charge is 2.50. The Balaban J connectivity index is 1.27. The zero-order chi connectivity index (χ0) is 17.0. The average molecular weight is 335 g/mol. The molecule has 0 saturated heterocycles. The van der Waals surface area contributed by atoms with Crippen molar-refractivity contribution < 1.29 is 14.7 Å². The van der Waals surface area contributed by atoms with E-state index in [2.05, 4.69) is 5.32 Å². The second kappa shape index (κ2) is 7.88. The Morgan fingerprint density at radius 2 is 1.33 bits per heavy atom. The lowest BCUT2D eigenvalue weighted by Crippen LogP contribution is -2.51. The average Bonchev–Trinajstić information content (AvgIpc) is 2.50. The van der Waals surface area contributed by atoms with Crippen LogP contribution in [-0.2, 0) is 9.59 Å². The summed E-state index contributed by atoms with van der Waals surface area (Å²) in [6.07, 6.45) is 14.0. The predicted octanol–water partition coefficient (Wildman–Crippen LogP) is 4.13. The zero-order valence-corrected chi connectivity index (χ0v) is 14.9. The fourth-order valence-electron chi connectivity index (χ4n) is 5.97. The molecule has 24 heavy (non-hydrogen) atoms. The largest absolute Gasteiger partial charge is 0.481 e. The molecule has 4 aliphatic carbocycles. The minimum Gasteiger partial charge on any atom is -0.481 e. The maximum absolute atomic E-state index is 12.1. The quantitative estimate of drug-likeness (QED) is 0.590. The van der Waals surface area contributed by atoms with Crippen molar-refractivity contribution in [1.82, 2.24) is 5.32 Å². The summed E-state index contributed by atoms with van der Waals surface area (Å²) in [6, 6.07) is 0. The Morgan fingerprint density at radius 3 is 1.88 bits per heavy atom. The lowest BCUT2D eigenvalue weighted by molar-refractivity contribution is -0.137. The SMILES string of the molecule is O=C(O)CCCCCCCC(=O)NCC12CC3CC(CC(C3)C1)C2. The van der Waals surface area contributed by atoms with E-state index in [1.54, 1.807) is 0 Å². The van der Waals surface area contributed by atoms with Gasteiger partial charge in [-0.25, -0.2) is 0 Å². The Hall–Kier alpha value is -1.06. The van der Waals surface area contributed by atoms with Crippen LogP contribution in [0.25, 0.3) is 0 Å². The van der Waals surface area contributed by atoms with Crippen molar-refractivity contribution in [3.8, 4) is 0 Å². The number of carboxylic acids is 1. The van der Waals surface area contributed by atoms with Gasteiger partial charge in [-0.2, -0.15) is 0 Å². The number of rotatable bonds is 10. The molecule has 0 atom stereocenters. The molecule has 0 aromatic heterocycles. The molecule has 0 unspecified atom stereocenters. The first-order valence-corrected chi connectivity index (χ1v) is 10.0. The van der Waals surface area contributed by atoms with Crippen LogP contribution in [0.3, 0.4) is 0 Å². The predicted molar refractivity (Wildman–Crippen MR) is 93.6 cm³/mol. The molecule has 4 aliphatic rings. The van der Waals surface area contributed by atoms with Gasteiger partial charge in [-0.15, -0.1) is 0 Å². The van der Waals surface area contributed by atoms with E-state index in [1.807, 2.05) is 0 Å². The minimum absolute atomic E-state index is 0.219. The van der Waals surface area contributed by atoms with Gasteiger partial charge in [0.2, 0.25) is 5.91 Å². The van der Waals surface area contributed by atoms with Crippen LogP contribution in [0.5, 0.6) is 0 Å². The second-order valence-electron chi connectivity index (χ2n) is 8.86. The molecule has 0 spiro atoms. The highest BCUT2D eigenvalue weighted by molar-refractivity contribution is 5.75. The van der Waals surface area contributed by atoms with E-state index in [1.165, 1.54) is 38.5 Å². The number of nitrogens with one attached hydrogen (secondary N) is 1. The highest BCUT2D eigenvalue weighted by Crippen LogP contribution is 2.59. The van der Waals surface area contributed by atoms with Gasteiger partial charge in [-0.3, -0.25) is 9.59 Å². The molecule has 0 aromatic rings. The summed E-state index contributed by atoms with van der Waals surface area (Å²) in [6.45, 7) is 0.911. The number of hydrogen-bond acceptors (Lipinski definition) is 2. The number of carboxylic acid groups (broad SMARTS) is 1. The maximum atomic E-state index is 12.1. The summed E-state index contributed by atoms with van der Waals surface area (Å²) in [5.74, 6) is 2.34. The van der Waals surface area contributed by atoms with Gasteiger partial charge in [0, 0.05) is 19.4 Å². The third kappa shape index (κ3) is 4.73. The van der Waals surface area contributed by atoms with E-state index < -0.39 is 5.97 Å². The third-order valence-corrected chi connectivity index (χ3v) is 6.62. The van der Waals surface area contributed by atoms with Gasteiger partial charge in [0.05, 0.1) is 0 Å². The number of aliphatic carboxylic acids is 1. The molecular weight excluding hydrogens is 302 g/mol. The summed E-state index contributed by atoms with van der Waals surface area (Å²) in [7, 11) is 0. The first-order chi connectivity index (χ1) is 11.5. The van der Waals surface area contributed by atoms with Crippen LogP contribution in [0.1, 0.15) is 83.5 Å². The number of carbonyl (C=O) groups is 2. The van der Waals surface area contributed by atoms with Gasteiger partial charge in [0.15, 0.2) is 0 Å². The molecule has 4 fully saturated rings. The van der Waals surface area contributed by atoms with Gasteiger partial charge in [-0.1, -0.05) is 19.3 Å². The Morgan fingerprint density at radius 1 is 0.833 bits per heavy atom. The van der Waals surface area contributed by atoms with E-state index in [9.17, 15) is 9.59 Å². The molecule has 2 N–H and O–H groups in total. The van der Waals surface area contributed by atoms with Crippen LogP contribution in [0.2, 0.25) is 0 Å². The third-order valence-electron chi connectivity index (χ3n) is 6.62. The van der Waals surface area contributed by atoms with E-state index in [4.69, 9.17) is 5.11 Å². The molecule has 0 aromatic carbocycles. The van der Waals surface area contributed by atoms with Crippen molar-refractivity contribution in [3.05, 3.63) is 0 Å². The first kappa shape index (κ1) is 17.8. The van der Waals surface area contributed by atoms with E-state index in [0.717, 1.165) is 56.4 Å². The minimum atomic E-state index is -0.709. The summed E-state index contributed by atoms with van der Waals surface area (Å²) >= 11 is 0. The van der Waals surface area contributed by atoms with Gasteiger partial charge < -0.3 is 10.4 Å². The summed E-state index contributed by atoms with van der Waals surface area (Å²) in [4.78, 5) is 22.6. The molecule has 0 aliphatic heterocycles. The molecule has 136 valence electrons. The fourth-order valence-corrected chi connectivity index (χ4v) is 5.97. The molecule has 4 saturated carbocycles. The number of carbonyl (C=O) groups excluding carboxylic acids is 1. The molecule has 4 bridgehead atoms. The fraction of sp³-hybridized carbons (Fsp3) is 0.900. The monoisotopic (exact) mass is 335 g/mol. The van der Waals surface area contributed by atoms with Crippen LogP contribution in [0, 0.1) is 23.2 Å². The van der Waals surface area contributed by atoms with E-state index in [-0.39, 0.29) is 12.3 Å². The standard InChI is InChI=1S/C20H33NO3/c22-18(6-4-2-1-3-5-7-19(23)24)21-14-20-11-15-8-16(12-20)10-17(9-15)13-20/h15-17H,1-14H2,(H,21,22)(H,23,24). The normalized spacial score (nSPS) is 33.6. The van der Waals surface area contributed by atoms with Gasteiger partial charge >= 0.3 is 5.97 Å². The van der Waals surface area contributed by atoms with Crippen molar-refractivity contribution in [1.29, 1.82) is 0 Å². The summed E-state index contributed by atoms with van der Waals surface area (Å²) in [5.41, 5.74) is 0.432. The lowest BCUT2D eigenvalue weighted by Gasteiger charge is -2.56. The van der Waals surface area contributed by atoms with Gasteiger partial charge in [0.25, 0.3) is 0 Å². The molecule has 4 nitrogen and oxygen atoms in total. The van der Waals surface area contributed by atoms with Crippen molar-refractivity contribution in [2.24, 2.45) is 23.2 Å². The van der Waals surface area contributed by atoms with E-state index in [0.29, 0.717) is 11.8 Å². The summed E-state index contributed by atoms with van der Waals surface area (Å²) < 4.78 is 0. The number of hydrogen-bond donors (Lipinski definition) is 2. The number of amides is 1. The Kier molecular flexibility index (Phi) is 5.83. The van der Waals surface area contributed by atoms with Crippen molar-refractivity contribution in [2.45, 2.75) is 83.5 Å². The zero-order valence-electron chi connectivity index (χ0n) is 14.9. The molecule has 4 rings (SSSR count). The van der Waals surface area contributed by atoms with E-state index >= 15 is 0 Å². The molecular formula is C20H33NO3. The van der Waals surface area contributed by atoms with Gasteiger partial charge in [0.1, 0.15) is 0 Å². The van der Waals surface area contributed by atoms with Crippen LogP contribution in [0.15, 0.2) is 0 Å². The van der Waals surface area contributed by atoms with Crippen molar-refractivity contribution in [3.63, 3.8) is 0 Å². The van der Waals surface area contributed by atoms with Crippen LogP contribution >= 0.6 is 0 Å². The molecule has 4 heteroatoms. The molecule has 0 radical (unpaired) electrons. The Bertz CT molecular complexity index is 425. The van der Waals surface area contributed by atoms with Crippen molar-refractivity contribution >= 4 is 11.9 Å². The number of unbranched alkanes of at least 4 members (excludes halogenated alkanes) is 4. The second-order valence-corrected chi connectivity index (χ2v) is 8.86. The molecule has 1 amide bonds. The van der Waals surface area contributed by atoms with Crippen LogP contribution in [-0.4, -0.2) is 23.5 Å².